The normalized spacial score (nSPS) is 8.88. The standard InChI is InChI=1S/C9H10BrNO2.C4H8/c1-2-13-9(12)7-5-6(10)3-4-8(7)11;1-3-4-2/h3-5H,2,11H2,1H3;3H,1,4H2,2H3. The molecule has 0 unspecified atom stereocenters. The van der Waals surface area contributed by atoms with E-state index in [1.54, 1.807) is 25.1 Å². The quantitative estimate of drug-likeness (QED) is 0.525. The molecule has 0 aliphatic heterocycles. The average molecular weight is 300 g/mol. The summed E-state index contributed by atoms with van der Waals surface area (Å²) >= 11 is 3.25. The van der Waals surface area contributed by atoms with Crippen molar-refractivity contribution in [3.05, 3.63) is 40.9 Å². The monoisotopic (exact) mass is 299 g/mol. The highest BCUT2D eigenvalue weighted by Crippen LogP contribution is 2.19. The number of anilines is 1. The summed E-state index contributed by atoms with van der Waals surface area (Å²) in [5.74, 6) is -0.388. The number of allylic oxidation sites excluding steroid dienone is 1. The molecule has 3 nitrogen and oxygen atoms in total. The second-order valence-electron chi connectivity index (χ2n) is 3.15. The van der Waals surface area contributed by atoms with Crippen LogP contribution in [0.5, 0.6) is 0 Å². The second-order valence-corrected chi connectivity index (χ2v) is 4.06. The number of nitrogen functional groups attached to an aromatic ring is 1. The Kier molecular flexibility index (Phi) is 8.15. The maximum Gasteiger partial charge on any atom is 0.340 e. The van der Waals surface area contributed by atoms with Gasteiger partial charge in [0, 0.05) is 10.2 Å². The number of hydrogen-bond acceptors (Lipinski definition) is 3. The minimum Gasteiger partial charge on any atom is -0.462 e. The highest BCUT2D eigenvalue weighted by molar-refractivity contribution is 9.10. The molecule has 0 aliphatic rings. The molecule has 0 heterocycles. The molecule has 0 spiro atoms. The van der Waals surface area contributed by atoms with Crippen LogP contribution >= 0.6 is 15.9 Å². The molecular formula is C13H18BrNO2. The zero-order valence-corrected chi connectivity index (χ0v) is 11.8. The van der Waals surface area contributed by atoms with Gasteiger partial charge in [-0.1, -0.05) is 28.9 Å². The van der Waals surface area contributed by atoms with Gasteiger partial charge in [0.2, 0.25) is 0 Å². The van der Waals surface area contributed by atoms with Crippen LogP contribution in [-0.2, 0) is 4.74 Å². The predicted molar refractivity (Wildman–Crippen MR) is 75.0 cm³/mol. The number of ether oxygens (including phenoxy) is 1. The highest BCUT2D eigenvalue weighted by Gasteiger charge is 2.10. The number of esters is 1. The fraction of sp³-hybridized carbons (Fsp3) is 0.308. The van der Waals surface area contributed by atoms with Gasteiger partial charge in [-0.3, -0.25) is 0 Å². The minimum atomic E-state index is -0.388. The van der Waals surface area contributed by atoms with E-state index in [4.69, 9.17) is 10.5 Å². The fourth-order valence-corrected chi connectivity index (χ4v) is 1.28. The van der Waals surface area contributed by atoms with Crippen LogP contribution in [0.3, 0.4) is 0 Å². The van der Waals surface area contributed by atoms with Gasteiger partial charge in [0.25, 0.3) is 0 Å². The molecule has 0 saturated heterocycles. The van der Waals surface area contributed by atoms with E-state index in [2.05, 4.69) is 29.4 Å². The summed E-state index contributed by atoms with van der Waals surface area (Å²) in [6, 6.07) is 5.09. The van der Waals surface area contributed by atoms with E-state index in [9.17, 15) is 4.79 Å². The van der Waals surface area contributed by atoms with E-state index < -0.39 is 0 Å². The molecule has 94 valence electrons. The zero-order chi connectivity index (χ0) is 13.3. The molecule has 0 aromatic heterocycles. The van der Waals surface area contributed by atoms with Crippen molar-refractivity contribution in [3.8, 4) is 0 Å². The third-order valence-corrected chi connectivity index (χ3v) is 2.29. The van der Waals surface area contributed by atoms with Gasteiger partial charge < -0.3 is 10.5 Å². The molecule has 0 atom stereocenters. The smallest absolute Gasteiger partial charge is 0.340 e. The van der Waals surface area contributed by atoms with E-state index in [0.29, 0.717) is 17.9 Å². The molecule has 2 N–H and O–H groups in total. The Morgan fingerprint density at radius 2 is 2.12 bits per heavy atom. The van der Waals surface area contributed by atoms with E-state index in [1.807, 2.05) is 6.08 Å². The first-order valence-electron chi connectivity index (χ1n) is 5.39. The third kappa shape index (κ3) is 6.12. The maximum atomic E-state index is 11.3. The lowest BCUT2D eigenvalue weighted by Crippen LogP contribution is -2.07. The fourth-order valence-electron chi connectivity index (χ4n) is 0.914. The Labute approximate surface area is 111 Å². The van der Waals surface area contributed by atoms with Crippen molar-refractivity contribution in [2.24, 2.45) is 0 Å². The number of nitrogens with two attached hydrogens (primary N) is 1. The van der Waals surface area contributed by atoms with Crippen LogP contribution in [-0.4, -0.2) is 12.6 Å². The topological polar surface area (TPSA) is 52.3 Å². The van der Waals surface area contributed by atoms with Gasteiger partial charge in [-0.15, -0.1) is 6.58 Å². The average Bonchev–Trinajstić information content (AvgIpc) is 2.33. The number of carbonyl (C=O) groups is 1. The molecule has 0 amide bonds. The van der Waals surface area contributed by atoms with Crippen LogP contribution in [0.4, 0.5) is 5.69 Å². The van der Waals surface area contributed by atoms with Crippen molar-refractivity contribution in [1.82, 2.24) is 0 Å². The molecule has 17 heavy (non-hydrogen) atoms. The lowest BCUT2D eigenvalue weighted by atomic mass is 10.2. The van der Waals surface area contributed by atoms with Gasteiger partial charge in [0.15, 0.2) is 0 Å². The molecule has 0 bridgehead atoms. The van der Waals surface area contributed by atoms with Crippen LogP contribution in [0.1, 0.15) is 30.6 Å². The van der Waals surface area contributed by atoms with E-state index in [1.165, 1.54) is 0 Å². The first-order chi connectivity index (χ1) is 8.06. The predicted octanol–water partition coefficient (Wildman–Crippen LogP) is 3.79. The summed E-state index contributed by atoms with van der Waals surface area (Å²) in [4.78, 5) is 11.3. The summed E-state index contributed by atoms with van der Waals surface area (Å²) < 4.78 is 5.63. The Hall–Kier alpha value is -1.29. The van der Waals surface area contributed by atoms with Crippen molar-refractivity contribution >= 4 is 27.6 Å². The SMILES string of the molecule is C=CCC.CCOC(=O)c1cc(Br)ccc1N. The Morgan fingerprint density at radius 3 is 2.59 bits per heavy atom. The molecule has 0 fully saturated rings. The maximum absolute atomic E-state index is 11.3. The lowest BCUT2D eigenvalue weighted by molar-refractivity contribution is 0.0527. The Balaban J connectivity index is 0.000000557. The van der Waals surface area contributed by atoms with Crippen molar-refractivity contribution in [1.29, 1.82) is 0 Å². The van der Waals surface area contributed by atoms with Crippen LogP contribution in [0.15, 0.2) is 35.3 Å². The van der Waals surface area contributed by atoms with Gasteiger partial charge in [0.05, 0.1) is 12.2 Å². The van der Waals surface area contributed by atoms with E-state index in [-0.39, 0.29) is 5.97 Å². The number of rotatable bonds is 3. The molecule has 0 radical (unpaired) electrons. The summed E-state index contributed by atoms with van der Waals surface area (Å²) in [5, 5.41) is 0. The van der Waals surface area contributed by atoms with Crippen LogP contribution in [0, 0.1) is 0 Å². The third-order valence-electron chi connectivity index (χ3n) is 1.80. The molecule has 1 aromatic rings. The molecule has 4 heteroatoms. The summed E-state index contributed by atoms with van der Waals surface area (Å²) in [6.07, 6.45) is 2.96. The van der Waals surface area contributed by atoms with Gasteiger partial charge in [-0.2, -0.15) is 0 Å². The molecule has 0 aliphatic carbocycles. The van der Waals surface area contributed by atoms with Gasteiger partial charge in [-0.05, 0) is 31.5 Å². The first kappa shape index (κ1) is 15.7. The summed E-state index contributed by atoms with van der Waals surface area (Å²) in [6.45, 7) is 7.65. The number of carbonyl (C=O) groups excluding carboxylic acids is 1. The summed E-state index contributed by atoms with van der Waals surface area (Å²) in [5.41, 5.74) is 6.43. The second kappa shape index (κ2) is 8.82. The highest BCUT2D eigenvalue weighted by atomic mass is 79.9. The van der Waals surface area contributed by atoms with Gasteiger partial charge in [-0.25, -0.2) is 4.79 Å². The molecule has 0 saturated carbocycles. The molecular weight excluding hydrogens is 282 g/mol. The van der Waals surface area contributed by atoms with E-state index >= 15 is 0 Å². The van der Waals surface area contributed by atoms with Crippen LogP contribution in [0.2, 0.25) is 0 Å². The first-order valence-corrected chi connectivity index (χ1v) is 6.19. The number of halogens is 1. The molecule has 1 aromatic carbocycles. The van der Waals surface area contributed by atoms with E-state index in [0.717, 1.165) is 10.9 Å². The van der Waals surface area contributed by atoms with Gasteiger partial charge >= 0.3 is 5.97 Å². The number of benzene rings is 1. The molecule has 1 rings (SSSR count). The van der Waals surface area contributed by atoms with Crippen molar-refractivity contribution in [3.63, 3.8) is 0 Å². The van der Waals surface area contributed by atoms with Crippen LogP contribution in [0.25, 0.3) is 0 Å². The number of hydrogen-bond donors (Lipinski definition) is 1. The lowest BCUT2D eigenvalue weighted by Gasteiger charge is -2.04. The Bertz CT molecular complexity index is 378. The van der Waals surface area contributed by atoms with Crippen molar-refractivity contribution in [2.75, 3.05) is 12.3 Å². The van der Waals surface area contributed by atoms with Gasteiger partial charge in [0.1, 0.15) is 0 Å². The largest absolute Gasteiger partial charge is 0.462 e. The van der Waals surface area contributed by atoms with Crippen molar-refractivity contribution < 1.29 is 9.53 Å². The van der Waals surface area contributed by atoms with Crippen LogP contribution < -0.4 is 5.73 Å². The van der Waals surface area contributed by atoms with Crippen molar-refractivity contribution in [2.45, 2.75) is 20.3 Å². The summed E-state index contributed by atoms with van der Waals surface area (Å²) in [7, 11) is 0. The Morgan fingerprint density at radius 1 is 1.53 bits per heavy atom. The minimum absolute atomic E-state index is 0.352. The zero-order valence-electron chi connectivity index (χ0n) is 10.2.